The van der Waals surface area contributed by atoms with Crippen LogP contribution in [0, 0.1) is 5.41 Å². The molecule has 1 heterocycles. The zero-order valence-corrected chi connectivity index (χ0v) is 13.9. The maximum atomic E-state index is 12.1. The topological polar surface area (TPSA) is 79.2 Å². The van der Waals surface area contributed by atoms with Crippen molar-refractivity contribution in [2.75, 3.05) is 6.61 Å². The molecule has 2 aromatic rings. The summed E-state index contributed by atoms with van der Waals surface area (Å²) in [6.07, 6.45) is 8.29. The van der Waals surface area contributed by atoms with Gasteiger partial charge in [0.1, 0.15) is 0 Å². The van der Waals surface area contributed by atoms with E-state index in [1.165, 1.54) is 0 Å². The molecule has 2 unspecified atom stereocenters. The predicted octanol–water partition coefficient (Wildman–Crippen LogP) is 2.22. The highest BCUT2D eigenvalue weighted by atomic mass is 16.3. The minimum Gasteiger partial charge on any atom is -0.396 e. The van der Waals surface area contributed by atoms with Crippen LogP contribution < -0.4 is 10.6 Å². The van der Waals surface area contributed by atoms with Crippen LogP contribution in [0.4, 0.5) is 4.79 Å². The highest BCUT2D eigenvalue weighted by Crippen LogP contribution is 2.37. The molecule has 1 aromatic carbocycles. The first-order valence-electron chi connectivity index (χ1n) is 8.33. The summed E-state index contributed by atoms with van der Waals surface area (Å²) in [4.78, 5) is 16.1. The fraction of sp³-hybridized carbons (Fsp3) is 0.444. The zero-order valence-electron chi connectivity index (χ0n) is 13.9. The third kappa shape index (κ3) is 3.59. The second-order valence-electron chi connectivity index (χ2n) is 6.72. The Morgan fingerprint density at radius 3 is 2.88 bits per heavy atom. The molecule has 1 aromatic heterocycles. The summed E-state index contributed by atoms with van der Waals surface area (Å²) >= 11 is 0. The first-order valence-corrected chi connectivity index (χ1v) is 8.33. The average molecular weight is 328 g/mol. The highest BCUT2D eigenvalue weighted by molar-refractivity contribution is 5.74. The normalized spacial score (nSPS) is 23.2. The molecule has 2 amide bonds. The molecule has 0 saturated heterocycles. The van der Waals surface area contributed by atoms with Crippen LogP contribution in [0.5, 0.6) is 0 Å². The number of rotatable bonds is 5. The first-order chi connectivity index (χ1) is 11.6. The van der Waals surface area contributed by atoms with Crippen molar-refractivity contribution in [3.8, 4) is 5.69 Å². The predicted molar refractivity (Wildman–Crippen MR) is 91.8 cm³/mol. The van der Waals surface area contributed by atoms with Gasteiger partial charge in [0.25, 0.3) is 0 Å². The van der Waals surface area contributed by atoms with Gasteiger partial charge < -0.3 is 20.3 Å². The monoisotopic (exact) mass is 328 g/mol. The Labute approximate surface area is 141 Å². The standard InChI is InChI=1S/C18H24N4O2/c1-18(12-23)8-2-3-16(18)21-17(24)20-11-14-4-6-15(7-5-14)22-10-9-19-13-22/h4-7,9-10,13,16,23H,2-3,8,11-12H2,1H3,(H2,20,21,24). The Bertz CT molecular complexity index is 669. The minimum atomic E-state index is -0.205. The molecule has 0 aliphatic heterocycles. The van der Waals surface area contributed by atoms with Crippen LogP contribution in [0.2, 0.25) is 0 Å². The number of benzene rings is 1. The van der Waals surface area contributed by atoms with Crippen LogP contribution in [0.1, 0.15) is 31.7 Å². The Morgan fingerprint density at radius 2 is 2.21 bits per heavy atom. The van der Waals surface area contributed by atoms with Gasteiger partial charge in [-0.3, -0.25) is 0 Å². The fourth-order valence-corrected chi connectivity index (χ4v) is 3.26. The molecule has 6 nitrogen and oxygen atoms in total. The van der Waals surface area contributed by atoms with E-state index in [0.29, 0.717) is 6.54 Å². The zero-order chi connectivity index (χ0) is 17.0. The maximum absolute atomic E-state index is 12.1. The molecule has 1 aliphatic rings. The Balaban J connectivity index is 1.51. The van der Waals surface area contributed by atoms with E-state index in [9.17, 15) is 9.90 Å². The maximum Gasteiger partial charge on any atom is 0.315 e. The molecule has 1 aliphatic carbocycles. The Hall–Kier alpha value is -2.34. The molecule has 3 N–H and O–H groups in total. The van der Waals surface area contributed by atoms with Crippen molar-refractivity contribution in [1.82, 2.24) is 20.2 Å². The summed E-state index contributed by atoms with van der Waals surface area (Å²) < 4.78 is 1.93. The third-order valence-corrected chi connectivity index (χ3v) is 4.94. The van der Waals surface area contributed by atoms with Gasteiger partial charge in [-0.05, 0) is 30.5 Å². The van der Waals surface area contributed by atoms with E-state index in [0.717, 1.165) is 30.5 Å². The lowest BCUT2D eigenvalue weighted by Crippen LogP contribution is -2.48. The number of hydrogen-bond donors (Lipinski definition) is 3. The van der Waals surface area contributed by atoms with Gasteiger partial charge >= 0.3 is 6.03 Å². The molecule has 0 bridgehead atoms. The van der Waals surface area contributed by atoms with E-state index in [1.54, 1.807) is 12.5 Å². The quantitative estimate of drug-likeness (QED) is 0.787. The van der Waals surface area contributed by atoms with Crippen molar-refractivity contribution in [2.24, 2.45) is 5.41 Å². The molecule has 0 radical (unpaired) electrons. The molecular weight excluding hydrogens is 304 g/mol. The lowest BCUT2D eigenvalue weighted by molar-refractivity contribution is 0.121. The number of hydrogen-bond acceptors (Lipinski definition) is 3. The summed E-state index contributed by atoms with van der Waals surface area (Å²) in [5, 5.41) is 15.4. The summed E-state index contributed by atoms with van der Waals surface area (Å²) in [6, 6.07) is 7.82. The van der Waals surface area contributed by atoms with E-state index in [1.807, 2.05) is 42.0 Å². The number of carbonyl (C=O) groups excluding carboxylic acids is 1. The lowest BCUT2D eigenvalue weighted by atomic mass is 9.86. The molecule has 6 heteroatoms. The minimum absolute atomic E-state index is 0.0334. The lowest BCUT2D eigenvalue weighted by Gasteiger charge is -2.30. The van der Waals surface area contributed by atoms with Crippen molar-refractivity contribution in [3.05, 3.63) is 48.5 Å². The van der Waals surface area contributed by atoms with Crippen LogP contribution >= 0.6 is 0 Å². The number of amides is 2. The van der Waals surface area contributed by atoms with Gasteiger partial charge in [0.15, 0.2) is 0 Å². The Morgan fingerprint density at radius 1 is 1.42 bits per heavy atom. The van der Waals surface area contributed by atoms with Crippen molar-refractivity contribution in [3.63, 3.8) is 0 Å². The number of nitrogens with zero attached hydrogens (tertiary/aromatic N) is 2. The smallest absolute Gasteiger partial charge is 0.315 e. The summed E-state index contributed by atoms with van der Waals surface area (Å²) in [5.41, 5.74) is 1.86. The van der Waals surface area contributed by atoms with E-state index in [2.05, 4.69) is 15.6 Å². The van der Waals surface area contributed by atoms with Gasteiger partial charge in [-0.25, -0.2) is 9.78 Å². The van der Waals surface area contributed by atoms with Gasteiger partial charge in [0.05, 0.1) is 12.9 Å². The van der Waals surface area contributed by atoms with E-state index in [4.69, 9.17) is 0 Å². The van der Waals surface area contributed by atoms with Crippen LogP contribution in [0.3, 0.4) is 0 Å². The molecule has 24 heavy (non-hydrogen) atoms. The molecule has 0 spiro atoms. The van der Waals surface area contributed by atoms with E-state index < -0.39 is 0 Å². The SMILES string of the molecule is CC1(CO)CCCC1NC(=O)NCc1ccc(-n2ccnc2)cc1. The molecule has 128 valence electrons. The van der Waals surface area contributed by atoms with Crippen LogP contribution in [0.25, 0.3) is 5.69 Å². The first kappa shape index (κ1) is 16.5. The van der Waals surface area contributed by atoms with Crippen LogP contribution in [-0.2, 0) is 6.54 Å². The number of urea groups is 1. The van der Waals surface area contributed by atoms with Gasteiger partial charge in [0.2, 0.25) is 0 Å². The molecule has 3 rings (SSSR count). The third-order valence-electron chi connectivity index (χ3n) is 4.94. The molecule has 1 fully saturated rings. The Kier molecular flexibility index (Phi) is 4.85. The van der Waals surface area contributed by atoms with Crippen LogP contribution in [-0.4, -0.2) is 33.3 Å². The summed E-state index contributed by atoms with van der Waals surface area (Å²) in [7, 11) is 0. The largest absolute Gasteiger partial charge is 0.396 e. The molecule has 2 atom stereocenters. The summed E-state index contributed by atoms with van der Waals surface area (Å²) in [5.74, 6) is 0. The number of carbonyl (C=O) groups is 1. The number of aromatic nitrogens is 2. The number of imidazole rings is 1. The van der Waals surface area contributed by atoms with E-state index in [-0.39, 0.29) is 24.1 Å². The van der Waals surface area contributed by atoms with Gasteiger partial charge in [-0.1, -0.05) is 25.5 Å². The van der Waals surface area contributed by atoms with Crippen molar-refractivity contribution < 1.29 is 9.90 Å². The molecular formula is C18H24N4O2. The number of aliphatic hydroxyl groups is 1. The van der Waals surface area contributed by atoms with Crippen molar-refractivity contribution in [1.29, 1.82) is 0 Å². The number of nitrogens with one attached hydrogen (secondary N) is 2. The van der Waals surface area contributed by atoms with Crippen molar-refractivity contribution >= 4 is 6.03 Å². The second-order valence-corrected chi connectivity index (χ2v) is 6.72. The number of aliphatic hydroxyl groups excluding tert-OH is 1. The van der Waals surface area contributed by atoms with Gasteiger partial charge in [-0.2, -0.15) is 0 Å². The highest BCUT2D eigenvalue weighted by Gasteiger charge is 2.39. The van der Waals surface area contributed by atoms with Crippen molar-refractivity contribution in [2.45, 2.75) is 38.8 Å². The molecule has 1 saturated carbocycles. The van der Waals surface area contributed by atoms with Crippen LogP contribution in [0.15, 0.2) is 43.0 Å². The second kappa shape index (κ2) is 7.05. The van der Waals surface area contributed by atoms with E-state index >= 15 is 0 Å². The summed E-state index contributed by atoms with van der Waals surface area (Å²) in [6.45, 7) is 2.60. The average Bonchev–Trinajstić information content (AvgIpc) is 3.25. The van der Waals surface area contributed by atoms with Gasteiger partial charge in [0, 0.05) is 36.1 Å². The fourth-order valence-electron chi connectivity index (χ4n) is 3.26. The van der Waals surface area contributed by atoms with Gasteiger partial charge in [-0.15, -0.1) is 0 Å².